The number of carbonyl (C=O) groups is 2. The smallest absolute Gasteiger partial charge is 0.301 e. The van der Waals surface area contributed by atoms with Gasteiger partial charge in [0.05, 0.1) is 28.4 Å². The molecule has 1 atom stereocenters. The first-order chi connectivity index (χ1) is 19.4. The molecule has 1 amide bonds. The summed E-state index contributed by atoms with van der Waals surface area (Å²) in [6.45, 7) is 14.9. The van der Waals surface area contributed by atoms with Gasteiger partial charge in [-0.2, -0.15) is 0 Å². The molecule has 212 valence electrons. The molecule has 7 heteroatoms. The molecular formula is C34H36N2O4S. The van der Waals surface area contributed by atoms with Crippen LogP contribution in [0.4, 0.5) is 5.13 Å². The summed E-state index contributed by atoms with van der Waals surface area (Å²) < 4.78 is 6.80. The Bertz CT molecular complexity index is 1690. The summed E-state index contributed by atoms with van der Waals surface area (Å²) in [4.78, 5) is 33.7. The molecule has 0 aliphatic carbocycles. The molecule has 0 radical (unpaired) electrons. The van der Waals surface area contributed by atoms with Crippen LogP contribution in [-0.2, 0) is 15.0 Å². The zero-order chi connectivity index (χ0) is 29.6. The van der Waals surface area contributed by atoms with Crippen molar-refractivity contribution in [2.45, 2.75) is 65.8 Å². The minimum absolute atomic E-state index is 0.0479. The maximum Gasteiger partial charge on any atom is 0.301 e. The van der Waals surface area contributed by atoms with Crippen molar-refractivity contribution in [2.75, 3.05) is 11.5 Å². The van der Waals surface area contributed by atoms with E-state index < -0.39 is 17.7 Å². The van der Waals surface area contributed by atoms with Crippen LogP contribution >= 0.6 is 11.3 Å². The van der Waals surface area contributed by atoms with Gasteiger partial charge in [-0.15, -0.1) is 0 Å². The van der Waals surface area contributed by atoms with Gasteiger partial charge < -0.3 is 9.84 Å². The second-order valence-electron chi connectivity index (χ2n) is 11.9. The van der Waals surface area contributed by atoms with E-state index in [2.05, 4.69) is 40.7 Å². The number of aliphatic hydroxyl groups excluding tert-OH is 1. The zero-order valence-corrected chi connectivity index (χ0v) is 25.4. The van der Waals surface area contributed by atoms with Crippen LogP contribution in [-0.4, -0.2) is 28.4 Å². The lowest BCUT2D eigenvalue weighted by molar-refractivity contribution is -0.132. The van der Waals surface area contributed by atoms with E-state index in [1.54, 1.807) is 6.07 Å². The lowest BCUT2D eigenvalue weighted by Crippen LogP contribution is -2.29. The average molecular weight is 569 g/mol. The Hall–Kier alpha value is -3.97. The number of anilines is 1. The molecule has 1 N–H and O–H groups in total. The van der Waals surface area contributed by atoms with Crippen LogP contribution in [0.1, 0.15) is 81.3 Å². The number of hydrogen-bond donors (Lipinski definition) is 1. The lowest BCUT2D eigenvalue weighted by Gasteiger charge is -2.25. The number of amides is 1. The first-order valence-electron chi connectivity index (χ1n) is 14.0. The number of carbonyl (C=O) groups excluding carboxylic acids is 2. The molecule has 1 fully saturated rings. The van der Waals surface area contributed by atoms with Gasteiger partial charge in [-0.05, 0) is 66.6 Å². The summed E-state index contributed by atoms with van der Waals surface area (Å²) in [5, 5.41) is 12.2. The van der Waals surface area contributed by atoms with Gasteiger partial charge in [0.15, 0.2) is 5.13 Å². The molecule has 1 aliphatic rings. The Balaban J connectivity index is 1.71. The quantitative estimate of drug-likeness (QED) is 0.145. The predicted octanol–water partition coefficient (Wildman–Crippen LogP) is 8.05. The van der Waals surface area contributed by atoms with Crippen molar-refractivity contribution in [1.29, 1.82) is 0 Å². The first kappa shape index (κ1) is 28.6. The minimum Gasteiger partial charge on any atom is -0.507 e. The van der Waals surface area contributed by atoms with Gasteiger partial charge >= 0.3 is 5.91 Å². The van der Waals surface area contributed by atoms with Crippen LogP contribution in [0.5, 0.6) is 5.75 Å². The SMILES string of the molecule is CCOc1ccc(/C(O)=C2\C(=O)C(=O)N(c3nc4ccc(C(C)C)cc4s3)C2c2cccc(C)c2)cc1C(C)(C)C. The highest BCUT2D eigenvalue weighted by Crippen LogP contribution is 2.45. The highest BCUT2D eigenvalue weighted by Gasteiger charge is 2.48. The number of Topliss-reactive ketones (excluding diaryl/α,β-unsaturated/α-hetero) is 1. The molecule has 3 aromatic carbocycles. The predicted molar refractivity (Wildman–Crippen MR) is 166 cm³/mol. The number of fused-ring (bicyclic) bond motifs is 1. The van der Waals surface area contributed by atoms with Crippen molar-refractivity contribution in [2.24, 2.45) is 0 Å². The Morgan fingerprint density at radius 2 is 1.83 bits per heavy atom. The van der Waals surface area contributed by atoms with E-state index in [9.17, 15) is 14.7 Å². The third-order valence-electron chi connectivity index (χ3n) is 7.44. The highest BCUT2D eigenvalue weighted by atomic mass is 32.1. The molecule has 2 heterocycles. The normalized spacial score (nSPS) is 17.2. The van der Waals surface area contributed by atoms with Gasteiger partial charge in [0.25, 0.3) is 5.78 Å². The van der Waals surface area contributed by atoms with E-state index in [1.165, 1.54) is 21.8 Å². The van der Waals surface area contributed by atoms with Crippen LogP contribution in [0.15, 0.2) is 66.2 Å². The van der Waals surface area contributed by atoms with Crippen LogP contribution < -0.4 is 9.64 Å². The minimum atomic E-state index is -0.829. The van der Waals surface area contributed by atoms with Gasteiger partial charge in [-0.1, -0.05) is 81.9 Å². The second kappa shape index (κ2) is 10.8. The lowest BCUT2D eigenvalue weighted by atomic mass is 9.84. The maximum atomic E-state index is 13.7. The summed E-state index contributed by atoms with van der Waals surface area (Å²) in [6.07, 6.45) is 0. The summed E-state index contributed by atoms with van der Waals surface area (Å²) >= 11 is 1.38. The van der Waals surface area contributed by atoms with Crippen molar-refractivity contribution in [3.05, 3.63) is 94.1 Å². The monoisotopic (exact) mass is 568 g/mol. The van der Waals surface area contributed by atoms with Crippen LogP contribution in [0, 0.1) is 6.92 Å². The largest absolute Gasteiger partial charge is 0.507 e. The number of ketones is 1. The molecule has 1 unspecified atom stereocenters. The van der Waals surface area contributed by atoms with E-state index >= 15 is 0 Å². The number of thiazole rings is 1. The third kappa shape index (κ3) is 5.26. The maximum absolute atomic E-state index is 13.7. The van der Waals surface area contributed by atoms with Gasteiger partial charge in [0.2, 0.25) is 0 Å². The van der Waals surface area contributed by atoms with E-state index in [0.717, 1.165) is 32.7 Å². The molecule has 5 rings (SSSR count). The average Bonchev–Trinajstić information content (AvgIpc) is 3.45. The summed E-state index contributed by atoms with van der Waals surface area (Å²) in [5.41, 5.74) is 4.78. The molecule has 0 bridgehead atoms. The van der Waals surface area contributed by atoms with Crippen molar-refractivity contribution in [3.8, 4) is 5.75 Å². The standard InChI is InChI=1S/C34H36N2O4S/c1-8-40-26-15-13-23(17-24(26)34(5,6)7)30(37)28-29(22-11-9-10-20(4)16-22)36(32(39)31(28)38)33-35-25-14-12-21(19(2)3)18-27(25)41-33/h9-19,29,37H,8H2,1-7H3/b30-28+. The number of hydrogen-bond acceptors (Lipinski definition) is 6. The van der Waals surface area contributed by atoms with Crippen molar-refractivity contribution in [3.63, 3.8) is 0 Å². The Kier molecular flexibility index (Phi) is 7.51. The Morgan fingerprint density at radius 3 is 2.49 bits per heavy atom. The molecular weight excluding hydrogens is 532 g/mol. The van der Waals surface area contributed by atoms with Crippen LogP contribution in [0.3, 0.4) is 0 Å². The fraction of sp³-hybridized carbons (Fsp3) is 0.324. The second-order valence-corrected chi connectivity index (χ2v) is 12.9. The summed E-state index contributed by atoms with van der Waals surface area (Å²) in [6, 6.07) is 18.3. The van der Waals surface area contributed by atoms with Crippen molar-refractivity contribution >= 4 is 44.1 Å². The van der Waals surface area contributed by atoms with Gasteiger partial charge in [0, 0.05) is 11.1 Å². The fourth-order valence-electron chi connectivity index (χ4n) is 5.28. The van der Waals surface area contributed by atoms with E-state index in [0.29, 0.717) is 23.2 Å². The molecule has 1 aliphatic heterocycles. The van der Waals surface area contributed by atoms with Gasteiger partial charge in [0.1, 0.15) is 11.5 Å². The molecule has 1 saturated heterocycles. The highest BCUT2D eigenvalue weighted by molar-refractivity contribution is 7.22. The molecule has 0 saturated carbocycles. The molecule has 1 aromatic heterocycles. The van der Waals surface area contributed by atoms with Gasteiger partial charge in [-0.25, -0.2) is 4.98 Å². The number of rotatable bonds is 6. The van der Waals surface area contributed by atoms with Crippen molar-refractivity contribution < 1.29 is 19.4 Å². The summed E-state index contributed by atoms with van der Waals surface area (Å²) in [7, 11) is 0. The van der Waals surface area contributed by atoms with Crippen LogP contribution in [0.25, 0.3) is 16.0 Å². The molecule has 4 aromatic rings. The number of nitrogens with zero attached hydrogens (tertiary/aromatic N) is 2. The number of aliphatic hydroxyl groups is 1. The molecule has 41 heavy (non-hydrogen) atoms. The first-order valence-corrected chi connectivity index (χ1v) is 14.8. The van der Waals surface area contributed by atoms with Crippen LogP contribution in [0.2, 0.25) is 0 Å². The number of aryl methyl sites for hydroxylation is 1. The topological polar surface area (TPSA) is 79.7 Å². The Morgan fingerprint density at radius 1 is 1.07 bits per heavy atom. The third-order valence-corrected chi connectivity index (χ3v) is 8.45. The number of aromatic nitrogens is 1. The van der Waals surface area contributed by atoms with E-state index in [1.807, 2.05) is 62.4 Å². The van der Waals surface area contributed by atoms with Crippen molar-refractivity contribution in [1.82, 2.24) is 4.98 Å². The molecule has 6 nitrogen and oxygen atoms in total. The van der Waals surface area contributed by atoms with Gasteiger partial charge in [-0.3, -0.25) is 14.5 Å². The number of ether oxygens (including phenoxy) is 1. The zero-order valence-electron chi connectivity index (χ0n) is 24.6. The van der Waals surface area contributed by atoms with E-state index in [4.69, 9.17) is 9.72 Å². The number of benzene rings is 3. The summed E-state index contributed by atoms with van der Waals surface area (Å²) in [5.74, 6) is -0.583. The molecule has 0 spiro atoms. The van der Waals surface area contributed by atoms with E-state index in [-0.39, 0.29) is 16.7 Å². The fourth-order valence-corrected chi connectivity index (χ4v) is 6.32. The Labute approximate surface area is 245 Å².